The summed E-state index contributed by atoms with van der Waals surface area (Å²) in [6.07, 6.45) is 1.95. The second kappa shape index (κ2) is 6.61. The molecule has 0 aliphatic carbocycles. The van der Waals surface area contributed by atoms with Crippen molar-refractivity contribution in [3.8, 4) is 0 Å². The summed E-state index contributed by atoms with van der Waals surface area (Å²) in [4.78, 5) is 11.9. The van der Waals surface area contributed by atoms with Crippen molar-refractivity contribution >= 4 is 5.91 Å². The van der Waals surface area contributed by atoms with Crippen LogP contribution < -0.4 is 5.32 Å². The summed E-state index contributed by atoms with van der Waals surface area (Å²) in [6.45, 7) is 6.55. The molecule has 0 spiro atoms. The van der Waals surface area contributed by atoms with Crippen LogP contribution in [0.1, 0.15) is 34.9 Å². The van der Waals surface area contributed by atoms with Gasteiger partial charge in [-0.05, 0) is 44.9 Å². The first-order chi connectivity index (χ1) is 9.97. The molecule has 5 heteroatoms. The third-order valence-corrected chi connectivity index (χ3v) is 3.75. The minimum Gasteiger partial charge on any atom is -0.466 e. The molecule has 0 fully saturated rings. The van der Waals surface area contributed by atoms with Crippen molar-refractivity contribution in [2.45, 2.75) is 40.0 Å². The number of hydrogen-bond acceptors (Lipinski definition) is 3. The van der Waals surface area contributed by atoms with E-state index in [-0.39, 0.29) is 5.91 Å². The lowest BCUT2D eigenvalue weighted by Crippen LogP contribution is -2.25. The highest BCUT2D eigenvalue weighted by atomic mass is 16.3. The van der Waals surface area contributed by atoms with Gasteiger partial charge < -0.3 is 9.73 Å². The van der Waals surface area contributed by atoms with Gasteiger partial charge in [-0.15, -0.1) is 0 Å². The number of carbonyl (C=O) groups is 1. The molecule has 0 aliphatic rings. The Hall–Kier alpha value is -2.04. The van der Waals surface area contributed by atoms with Crippen molar-refractivity contribution in [3.05, 3.63) is 40.6 Å². The Labute approximate surface area is 125 Å². The molecule has 1 N–H and O–H groups in total. The van der Waals surface area contributed by atoms with Gasteiger partial charge in [-0.3, -0.25) is 9.48 Å². The predicted octanol–water partition coefficient (Wildman–Crippen LogP) is 2.23. The van der Waals surface area contributed by atoms with Crippen LogP contribution in [0.4, 0.5) is 0 Å². The van der Waals surface area contributed by atoms with E-state index in [9.17, 15) is 4.79 Å². The standard InChI is InChI=1S/C16H23N3O2/c1-11-5-6-14(21-11)9-10-17-16(20)8-7-15-12(2)18-19(4)13(15)3/h5-6H,7-10H2,1-4H3,(H,17,20). The third-order valence-electron chi connectivity index (χ3n) is 3.75. The Kier molecular flexibility index (Phi) is 4.83. The maximum absolute atomic E-state index is 11.9. The van der Waals surface area contributed by atoms with Gasteiger partial charge in [0.1, 0.15) is 11.5 Å². The highest BCUT2D eigenvalue weighted by Crippen LogP contribution is 2.13. The van der Waals surface area contributed by atoms with E-state index in [0.717, 1.165) is 35.7 Å². The van der Waals surface area contributed by atoms with Gasteiger partial charge in [-0.25, -0.2) is 0 Å². The van der Waals surface area contributed by atoms with Crippen LogP contribution in [0.15, 0.2) is 16.5 Å². The molecular formula is C16H23N3O2. The van der Waals surface area contributed by atoms with Gasteiger partial charge in [-0.2, -0.15) is 5.10 Å². The maximum Gasteiger partial charge on any atom is 0.220 e. The zero-order valence-electron chi connectivity index (χ0n) is 13.2. The normalized spacial score (nSPS) is 10.9. The van der Waals surface area contributed by atoms with Crippen LogP contribution in [0.3, 0.4) is 0 Å². The van der Waals surface area contributed by atoms with Crippen molar-refractivity contribution in [1.29, 1.82) is 0 Å². The fourth-order valence-corrected chi connectivity index (χ4v) is 2.45. The molecule has 0 atom stereocenters. The molecule has 21 heavy (non-hydrogen) atoms. The molecule has 0 saturated carbocycles. The summed E-state index contributed by atoms with van der Waals surface area (Å²) in [6, 6.07) is 3.88. The number of furan rings is 1. The molecule has 0 unspecified atom stereocenters. The minimum atomic E-state index is 0.0703. The molecule has 0 aliphatic heterocycles. The fourth-order valence-electron chi connectivity index (χ4n) is 2.45. The summed E-state index contributed by atoms with van der Waals surface area (Å²) in [5, 5.41) is 7.30. The van der Waals surface area contributed by atoms with E-state index >= 15 is 0 Å². The fraction of sp³-hybridized carbons (Fsp3) is 0.500. The smallest absolute Gasteiger partial charge is 0.220 e. The topological polar surface area (TPSA) is 60.1 Å². The average molecular weight is 289 g/mol. The Bertz CT molecular complexity index is 626. The summed E-state index contributed by atoms with van der Waals surface area (Å²) >= 11 is 0. The zero-order valence-corrected chi connectivity index (χ0v) is 13.2. The molecule has 0 saturated heterocycles. The van der Waals surface area contributed by atoms with Gasteiger partial charge >= 0.3 is 0 Å². The molecule has 2 heterocycles. The number of nitrogens with zero attached hydrogens (tertiary/aromatic N) is 2. The second-order valence-corrected chi connectivity index (χ2v) is 5.39. The summed E-state index contributed by atoms with van der Waals surface area (Å²) in [5.74, 6) is 1.88. The average Bonchev–Trinajstić information content (AvgIpc) is 2.93. The van der Waals surface area contributed by atoms with Gasteiger partial charge in [0, 0.05) is 32.1 Å². The molecule has 1 amide bonds. The van der Waals surface area contributed by atoms with E-state index in [1.807, 2.05) is 44.6 Å². The number of amides is 1. The third kappa shape index (κ3) is 3.97. The van der Waals surface area contributed by atoms with Crippen molar-refractivity contribution < 1.29 is 9.21 Å². The van der Waals surface area contributed by atoms with Crippen molar-refractivity contribution in [2.75, 3.05) is 6.54 Å². The Morgan fingerprint density at radius 2 is 2.05 bits per heavy atom. The number of hydrogen-bond donors (Lipinski definition) is 1. The molecule has 0 bridgehead atoms. The highest BCUT2D eigenvalue weighted by Gasteiger charge is 2.11. The number of nitrogens with one attached hydrogen (secondary N) is 1. The van der Waals surface area contributed by atoms with Crippen LogP contribution in [0, 0.1) is 20.8 Å². The number of aryl methyl sites for hydroxylation is 3. The summed E-state index contributed by atoms with van der Waals surface area (Å²) in [7, 11) is 1.93. The zero-order chi connectivity index (χ0) is 15.4. The first kappa shape index (κ1) is 15.4. The van der Waals surface area contributed by atoms with Crippen LogP contribution in [0.5, 0.6) is 0 Å². The van der Waals surface area contributed by atoms with Crippen LogP contribution in [0.2, 0.25) is 0 Å². The first-order valence-corrected chi connectivity index (χ1v) is 7.28. The number of carbonyl (C=O) groups excluding carboxylic acids is 1. The molecule has 0 aromatic carbocycles. The largest absolute Gasteiger partial charge is 0.466 e. The second-order valence-electron chi connectivity index (χ2n) is 5.39. The van der Waals surface area contributed by atoms with Crippen LogP contribution in [-0.2, 0) is 24.7 Å². The number of rotatable bonds is 6. The lowest BCUT2D eigenvalue weighted by molar-refractivity contribution is -0.121. The summed E-state index contributed by atoms with van der Waals surface area (Å²) in [5.41, 5.74) is 3.31. The Balaban J connectivity index is 1.75. The van der Waals surface area contributed by atoms with Gasteiger partial charge in [0.2, 0.25) is 5.91 Å². The molecule has 2 aromatic heterocycles. The van der Waals surface area contributed by atoms with E-state index in [1.165, 1.54) is 5.56 Å². The lowest BCUT2D eigenvalue weighted by atomic mass is 10.1. The van der Waals surface area contributed by atoms with E-state index in [1.54, 1.807) is 0 Å². The monoisotopic (exact) mass is 289 g/mol. The SMILES string of the molecule is Cc1ccc(CCNC(=O)CCc2c(C)nn(C)c2C)o1. The van der Waals surface area contributed by atoms with Crippen molar-refractivity contribution in [3.63, 3.8) is 0 Å². The van der Waals surface area contributed by atoms with Gasteiger partial charge in [0.25, 0.3) is 0 Å². The molecular weight excluding hydrogens is 266 g/mol. The van der Waals surface area contributed by atoms with Gasteiger partial charge in [0.05, 0.1) is 5.69 Å². The van der Waals surface area contributed by atoms with Crippen LogP contribution in [0.25, 0.3) is 0 Å². The molecule has 0 radical (unpaired) electrons. The van der Waals surface area contributed by atoms with Gasteiger partial charge in [0.15, 0.2) is 0 Å². The Morgan fingerprint density at radius 1 is 1.29 bits per heavy atom. The summed E-state index contributed by atoms with van der Waals surface area (Å²) < 4.78 is 7.33. The first-order valence-electron chi connectivity index (χ1n) is 7.28. The Morgan fingerprint density at radius 3 is 2.62 bits per heavy atom. The quantitative estimate of drug-likeness (QED) is 0.887. The van der Waals surface area contributed by atoms with E-state index in [2.05, 4.69) is 10.4 Å². The van der Waals surface area contributed by atoms with Crippen LogP contribution in [-0.4, -0.2) is 22.2 Å². The number of aromatic nitrogens is 2. The minimum absolute atomic E-state index is 0.0703. The lowest BCUT2D eigenvalue weighted by Gasteiger charge is -2.05. The van der Waals surface area contributed by atoms with Gasteiger partial charge in [-0.1, -0.05) is 0 Å². The molecule has 114 valence electrons. The van der Waals surface area contributed by atoms with Crippen molar-refractivity contribution in [1.82, 2.24) is 15.1 Å². The van der Waals surface area contributed by atoms with E-state index in [4.69, 9.17) is 4.42 Å². The van der Waals surface area contributed by atoms with Crippen molar-refractivity contribution in [2.24, 2.45) is 7.05 Å². The van der Waals surface area contributed by atoms with E-state index < -0.39 is 0 Å². The van der Waals surface area contributed by atoms with Crippen LogP contribution >= 0.6 is 0 Å². The molecule has 2 aromatic rings. The highest BCUT2D eigenvalue weighted by molar-refractivity contribution is 5.76. The molecule has 2 rings (SSSR count). The van der Waals surface area contributed by atoms with E-state index in [0.29, 0.717) is 13.0 Å². The predicted molar refractivity (Wildman–Crippen MR) is 81.2 cm³/mol. The maximum atomic E-state index is 11.9. The molecule has 5 nitrogen and oxygen atoms in total.